The summed E-state index contributed by atoms with van der Waals surface area (Å²) in [6.45, 7) is 0.389. The molecular formula is C17H16N4O3. The first kappa shape index (κ1) is 15.7. The van der Waals surface area contributed by atoms with Crippen LogP contribution < -0.4 is 16.6 Å². The average Bonchev–Trinajstić information content (AvgIpc) is 3.08. The van der Waals surface area contributed by atoms with Crippen LogP contribution in [0.15, 0.2) is 39.9 Å². The van der Waals surface area contributed by atoms with Crippen molar-refractivity contribution in [1.82, 2.24) is 14.5 Å². The molecule has 7 nitrogen and oxygen atoms in total. The van der Waals surface area contributed by atoms with Crippen molar-refractivity contribution in [3.63, 3.8) is 0 Å². The zero-order chi connectivity index (χ0) is 17.1. The fourth-order valence-corrected chi connectivity index (χ4v) is 2.88. The lowest BCUT2D eigenvalue weighted by atomic mass is 10.2. The summed E-state index contributed by atoms with van der Waals surface area (Å²) in [7, 11) is 0. The summed E-state index contributed by atoms with van der Waals surface area (Å²) in [4.78, 5) is 36.8. The molecule has 1 amide bonds. The van der Waals surface area contributed by atoms with E-state index in [1.54, 1.807) is 0 Å². The Morgan fingerprint density at radius 1 is 1.25 bits per heavy atom. The Morgan fingerprint density at radius 2 is 2.00 bits per heavy atom. The Morgan fingerprint density at radius 3 is 2.71 bits per heavy atom. The molecule has 1 aromatic carbocycles. The fraction of sp³-hybridized carbons (Fsp3) is 0.294. The molecule has 1 aliphatic rings. The number of nitriles is 1. The van der Waals surface area contributed by atoms with E-state index in [4.69, 9.17) is 0 Å². The highest BCUT2D eigenvalue weighted by Crippen LogP contribution is 2.12. The van der Waals surface area contributed by atoms with E-state index in [-0.39, 0.29) is 12.1 Å². The van der Waals surface area contributed by atoms with Gasteiger partial charge in [-0.25, -0.2) is 9.36 Å². The summed E-state index contributed by atoms with van der Waals surface area (Å²) in [5.41, 5.74) is 0.143. The van der Waals surface area contributed by atoms with Crippen LogP contribution >= 0.6 is 0 Å². The van der Waals surface area contributed by atoms with E-state index in [0.717, 1.165) is 10.1 Å². The maximum Gasteiger partial charge on any atom is 0.331 e. The second-order valence-electron chi connectivity index (χ2n) is 5.62. The molecule has 122 valence electrons. The van der Waals surface area contributed by atoms with Crippen LogP contribution in [0.5, 0.6) is 0 Å². The van der Waals surface area contributed by atoms with Crippen molar-refractivity contribution < 1.29 is 4.79 Å². The van der Waals surface area contributed by atoms with Crippen LogP contribution in [0.4, 0.5) is 0 Å². The topological polar surface area (TPSA) is 96.9 Å². The van der Waals surface area contributed by atoms with Gasteiger partial charge in [0.25, 0.3) is 5.56 Å². The van der Waals surface area contributed by atoms with E-state index in [0.29, 0.717) is 31.6 Å². The molecule has 0 spiro atoms. The third-order valence-electron chi connectivity index (χ3n) is 4.08. The lowest BCUT2D eigenvalue weighted by molar-refractivity contribution is -0.121. The number of rotatable bonds is 4. The molecule has 3 rings (SSSR count). The molecule has 0 fully saturated rings. The number of nitrogens with one attached hydrogen (secondary N) is 1. The van der Waals surface area contributed by atoms with Gasteiger partial charge in [0.05, 0.1) is 0 Å². The Labute approximate surface area is 137 Å². The van der Waals surface area contributed by atoms with E-state index in [9.17, 15) is 19.6 Å². The zero-order valence-corrected chi connectivity index (χ0v) is 13.0. The number of fused-ring (bicyclic) bond motifs is 1. The van der Waals surface area contributed by atoms with Crippen LogP contribution in [0.1, 0.15) is 23.2 Å². The SMILES string of the molecule is N#Cc1c2n(c(=O)n(CC(=O)NCc3ccccc3)c1=O)CCC2. The molecule has 7 heteroatoms. The molecule has 1 N–H and O–H groups in total. The third kappa shape index (κ3) is 2.86. The molecule has 0 unspecified atom stereocenters. The van der Waals surface area contributed by atoms with Gasteiger partial charge < -0.3 is 5.32 Å². The Bertz CT molecular complexity index is 935. The Kier molecular flexibility index (Phi) is 4.29. The van der Waals surface area contributed by atoms with E-state index >= 15 is 0 Å². The molecule has 2 aromatic rings. The minimum Gasteiger partial charge on any atom is -0.350 e. The Balaban J connectivity index is 1.83. The van der Waals surface area contributed by atoms with Crippen LogP contribution in [0.2, 0.25) is 0 Å². The second kappa shape index (κ2) is 6.54. The van der Waals surface area contributed by atoms with Gasteiger partial charge in [0, 0.05) is 18.8 Å². The standard InChI is InChI=1S/C17H16N4O3/c18-9-13-14-7-4-8-20(14)17(24)21(16(13)23)11-15(22)19-10-12-5-2-1-3-6-12/h1-3,5-6H,4,7-8,10-11H2,(H,19,22). The highest BCUT2D eigenvalue weighted by Gasteiger charge is 2.23. The highest BCUT2D eigenvalue weighted by atomic mass is 16.2. The molecule has 2 heterocycles. The van der Waals surface area contributed by atoms with Gasteiger partial charge in [-0.1, -0.05) is 30.3 Å². The average molecular weight is 324 g/mol. The number of aromatic nitrogens is 2. The van der Waals surface area contributed by atoms with Crippen LogP contribution in [0, 0.1) is 11.3 Å². The summed E-state index contributed by atoms with van der Waals surface area (Å²) in [5, 5.41) is 11.9. The van der Waals surface area contributed by atoms with Crippen molar-refractivity contribution in [3.8, 4) is 6.07 Å². The predicted molar refractivity (Wildman–Crippen MR) is 86.3 cm³/mol. The van der Waals surface area contributed by atoms with Gasteiger partial charge in [0.2, 0.25) is 5.91 Å². The quantitative estimate of drug-likeness (QED) is 0.865. The summed E-state index contributed by atoms with van der Waals surface area (Å²) >= 11 is 0. The van der Waals surface area contributed by atoms with Gasteiger partial charge in [0.1, 0.15) is 18.2 Å². The largest absolute Gasteiger partial charge is 0.350 e. The van der Waals surface area contributed by atoms with Crippen molar-refractivity contribution in [2.75, 3.05) is 0 Å². The minimum atomic E-state index is -0.689. The predicted octanol–water partition coefficient (Wildman–Crippen LogP) is 0.144. The fourth-order valence-electron chi connectivity index (χ4n) is 2.88. The minimum absolute atomic E-state index is 0.0389. The monoisotopic (exact) mass is 324 g/mol. The van der Waals surface area contributed by atoms with Crippen molar-refractivity contribution in [2.45, 2.75) is 32.5 Å². The van der Waals surface area contributed by atoms with Gasteiger partial charge in [-0.05, 0) is 18.4 Å². The highest BCUT2D eigenvalue weighted by molar-refractivity contribution is 5.75. The molecule has 1 aliphatic heterocycles. The molecule has 0 atom stereocenters. The van der Waals surface area contributed by atoms with Crippen LogP contribution in [0.25, 0.3) is 0 Å². The maximum absolute atomic E-state index is 12.4. The third-order valence-corrected chi connectivity index (χ3v) is 4.08. The zero-order valence-electron chi connectivity index (χ0n) is 13.0. The smallest absolute Gasteiger partial charge is 0.331 e. The maximum atomic E-state index is 12.4. The van der Waals surface area contributed by atoms with Crippen LogP contribution in [-0.4, -0.2) is 15.0 Å². The normalized spacial score (nSPS) is 12.5. The number of benzene rings is 1. The molecule has 0 aliphatic carbocycles. The van der Waals surface area contributed by atoms with Crippen molar-refractivity contribution in [1.29, 1.82) is 5.26 Å². The number of amides is 1. The molecule has 1 aromatic heterocycles. The van der Waals surface area contributed by atoms with Gasteiger partial charge in [-0.3, -0.25) is 14.2 Å². The van der Waals surface area contributed by atoms with E-state index in [2.05, 4.69) is 5.32 Å². The molecule has 0 bridgehead atoms. The molecule has 24 heavy (non-hydrogen) atoms. The second-order valence-corrected chi connectivity index (χ2v) is 5.62. The summed E-state index contributed by atoms with van der Waals surface area (Å²) in [6.07, 6.45) is 1.25. The first-order valence-corrected chi connectivity index (χ1v) is 7.69. The van der Waals surface area contributed by atoms with Crippen LogP contribution in [-0.2, 0) is 30.8 Å². The molecular weight excluding hydrogens is 308 g/mol. The number of carbonyl (C=O) groups is 1. The summed E-state index contributed by atoms with van der Waals surface area (Å²) in [5.74, 6) is -0.444. The molecule has 0 radical (unpaired) electrons. The van der Waals surface area contributed by atoms with Crippen molar-refractivity contribution in [3.05, 3.63) is 68.0 Å². The molecule has 0 saturated carbocycles. The number of hydrogen-bond donors (Lipinski definition) is 1. The van der Waals surface area contributed by atoms with Gasteiger partial charge in [-0.2, -0.15) is 5.26 Å². The van der Waals surface area contributed by atoms with Gasteiger partial charge >= 0.3 is 5.69 Å². The number of hydrogen-bond acceptors (Lipinski definition) is 4. The number of carbonyl (C=O) groups excluding carboxylic acids is 1. The van der Waals surface area contributed by atoms with E-state index in [1.165, 1.54) is 4.57 Å². The first-order chi connectivity index (χ1) is 11.6. The molecule has 0 saturated heterocycles. The summed E-state index contributed by atoms with van der Waals surface area (Å²) in [6, 6.07) is 11.2. The lowest BCUT2D eigenvalue weighted by Gasteiger charge is -2.11. The van der Waals surface area contributed by atoms with Gasteiger partial charge in [0.15, 0.2) is 0 Å². The summed E-state index contributed by atoms with van der Waals surface area (Å²) < 4.78 is 2.26. The van der Waals surface area contributed by atoms with Crippen molar-refractivity contribution >= 4 is 5.91 Å². The lowest BCUT2D eigenvalue weighted by Crippen LogP contribution is -2.45. The van der Waals surface area contributed by atoms with Crippen LogP contribution in [0.3, 0.4) is 0 Å². The van der Waals surface area contributed by atoms with Gasteiger partial charge in [-0.15, -0.1) is 0 Å². The van der Waals surface area contributed by atoms with E-state index in [1.807, 2.05) is 36.4 Å². The van der Waals surface area contributed by atoms with E-state index < -0.39 is 17.2 Å². The number of nitrogens with zero attached hydrogens (tertiary/aromatic N) is 3. The van der Waals surface area contributed by atoms with Crippen molar-refractivity contribution in [2.24, 2.45) is 0 Å². The Hall–Kier alpha value is -3.14. The first-order valence-electron chi connectivity index (χ1n) is 7.69.